The molecule has 0 aliphatic rings. The summed E-state index contributed by atoms with van der Waals surface area (Å²) in [7, 11) is 3.37. The molecule has 21 heavy (non-hydrogen) atoms. The lowest BCUT2D eigenvalue weighted by atomic mass is 10.2. The van der Waals surface area contributed by atoms with Gasteiger partial charge in [-0.05, 0) is 41.1 Å². The number of rotatable bonds is 6. The lowest BCUT2D eigenvalue weighted by Gasteiger charge is -2.11. The highest BCUT2D eigenvalue weighted by atomic mass is 16.5. The van der Waals surface area contributed by atoms with Gasteiger partial charge in [-0.1, -0.05) is 0 Å². The molecular weight excluding hydrogens is 272 g/mol. The smallest absolute Gasteiger partial charge is 0.257 e. The highest BCUT2D eigenvalue weighted by Gasteiger charge is 2.05. The Hall–Kier alpha value is -2.64. The third kappa shape index (κ3) is 3.91. The van der Waals surface area contributed by atoms with Crippen LogP contribution >= 0.6 is 0 Å². The fraction of sp³-hybridized carbons (Fsp3) is 0.385. The van der Waals surface area contributed by atoms with Crippen molar-refractivity contribution in [1.29, 1.82) is 0 Å². The number of tetrazole rings is 1. The van der Waals surface area contributed by atoms with E-state index >= 15 is 0 Å². The lowest BCUT2D eigenvalue weighted by molar-refractivity contribution is -0.122. The van der Waals surface area contributed by atoms with Gasteiger partial charge in [0.25, 0.3) is 5.91 Å². The summed E-state index contributed by atoms with van der Waals surface area (Å²) < 4.78 is 7.00. The maximum atomic E-state index is 11.1. The number of likely N-dealkylation sites (N-methyl/N-ethyl adjacent to an activating group) is 1. The third-order valence-electron chi connectivity index (χ3n) is 2.99. The van der Waals surface area contributed by atoms with Crippen LogP contribution in [0.4, 0.5) is 5.69 Å². The topological polar surface area (TPSA) is 94.0 Å². The van der Waals surface area contributed by atoms with Crippen LogP contribution in [0.15, 0.2) is 18.2 Å². The number of benzene rings is 1. The molecule has 2 N–H and O–H groups in total. The first-order valence-corrected chi connectivity index (χ1v) is 6.49. The normalized spacial score (nSPS) is 10.2. The van der Waals surface area contributed by atoms with Gasteiger partial charge in [0, 0.05) is 19.8 Å². The molecule has 8 nitrogen and oxygen atoms in total. The second-order valence-electron chi connectivity index (χ2n) is 4.51. The number of nitrogens with zero attached hydrogens (tertiary/aromatic N) is 4. The second kappa shape index (κ2) is 6.69. The minimum absolute atomic E-state index is 0.00727. The number of carbonyl (C=O) groups excluding carboxylic acids is 1. The van der Waals surface area contributed by atoms with Crippen molar-refractivity contribution in [1.82, 2.24) is 25.5 Å². The molecule has 0 bridgehead atoms. The van der Waals surface area contributed by atoms with Crippen molar-refractivity contribution in [3.05, 3.63) is 29.6 Å². The van der Waals surface area contributed by atoms with E-state index in [1.54, 1.807) is 18.8 Å². The van der Waals surface area contributed by atoms with Gasteiger partial charge in [0.2, 0.25) is 0 Å². The van der Waals surface area contributed by atoms with E-state index < -0.39 is 0 Å². The van der Waals surface area contributed by atoms with E-state index in [-0.39, 0.29) is 12.5 Å². The highest BCUT2D eigenvalue weighted by Crippen LogP contribution is 2.21. The molecule has 0 saturated heterocycles. The summed E-state index contributed by atoms with van der Waals surface area (Å²) in [5, 5.41) is 17.0. The molecule has 2 aromatic rings. The van der Waals surface area contributed by atoms with Crippen LogP contribution in [-0.4, -0.2) is 39.8 Å². The fourth-order valence-corrected chi connectivity index (χ4v) is 1.72. The Balaban J connectivity index is 1.96. The molecule has 0 spiro atoms. The van der Waals surface area contributed by atoms with Gasteiger partial charge in [-0.15, -0.1) is 5.10 Å². The van der Waals surface area contributed by atoms with E-state index in [2.05, 4.69) is 26.2 Å². The number of hydrogen-bond acceptors (Lipinski definition) is 6. The molecule has 0 radical (unpaired) electrons. The molecule has 1 heterocycles. The van der Waals surface area contributed by atoms with Crippen molar-refractivity contribution in [2.45, 2.75) is 13.5 Å². The van der Waals surface area contributed by atoms with Crippen LogP contribution in [0, 0.1) is 6.92 Å². The van der Waals surface area contributed by atoms with Gasteiger partial charge in [-0.3, -0.25) is 4.79 Å². The summed E-state index contributed by atoms with van der Waals surface area (Å²) in [4.78, 5) is 11.1. The number of nitrogens with one attached hydrogen (secondary N) is 2. The maximum absolute atomic E-state index is 11.1. The Kier molecular flexibility index (Phi) is 4.70. The minimum Gasteiger partial charge on any atom is -0.484 e. The van der Waals surface area contributed by atoms with Gasteiger partial charge in [-0.25, -0.2) is 4.68 Å². The quantitative estimate of drug-likeness (QED) is 0.792. The van der Waals surface area contributed by atoms with Gasteiger partial charge < -0.3 is 15.4 Å². The molecule has 0 aliphatic carbocycles. The van der Waals surface area contributed by atoms with Crippen LogP contribution < -0.4 is 15.4 Å². The van der Waals surface area contributed by atoms with Crippen LogP contribution in [0.1, 0.15) is 11.4 Å². The molecule has 2 rings (SSSR count). The van der Waals surface area contributed by atoms with Crippen LogP contribution in [0.2, 0.25) is 0 Å². The lowest BCUT2D eigenvalue weighted by Crippen LogP contribution is -2.24. The average Bonchev–Trinajstić information content (AvgIpc) is 2.89. The van der Waals surface area contributed by atoms with Crippen molar-refractivity contribution >= 4 is 11.6 Å². The summed E-state index contributed by atoms with van der Waals surface area (Å²) in [6, 6.07) is 5.59. The largest absolute Gasteiger partial charge is 0.484 e. The Bertz CT molecular complexity index is 625. The summed E-state index contributed by atoms with van der Waals surface area (Å²) >= 11 is 0. The Labute approximate surface area is 122 Å². The van der Waals surface area contributed by atoms with Gasteiger partial charge in [0.05, 0.1) is 6.54 Å². The zero-order valence-corrected chi connectivity index (χ0v) is 12.3. The van der Waals surface area contributed by atoms with Crippen molar-refractivity contribution < 1.29 is 9.53 Å². The number of anilines is 1. The highest BCUT2D eigenvalue weighted by molar-refractivity contribution is 5.77. The summed E-state index contributed by atoms with van der Waals surface area (Å²) in [5.41, 5.74) is 1.98. The summed E-state index contributed by atoms with van der Waals surface area (Å²) in [6.07, 6.45) is 0. The number of carbonyl (C=O) groups is 1. The molecule has 0 unspecified atom stereocenters. The number of aromatic nitrogens is 4. The van der Waals surface area contributed by atoms with Gasteiger partial charge in [0.15, 0.2) is 12.4 Å². The number of aryl methyl sites for hydroxylation is 2. The van der Waals surface area contributed by atoms with E-state index in [4.69, 9.17) is 4.74 Å². The summed E-state index contributed by atoms with van der Waals surface area (Å²) in [5.74, 6) is 1.24. The Morgan fingerprint density at radius 3 is 2.86 bits per heavy atom. The molecule has 0 fully saturated rings. The van der Waals surface area contributed by atoms with Crippen LogP contribution in [0.5, 0.6) is 5.75 Å². The zero-order chi connectivity index (χ0) is 15.2. The zero-order valence-electron chi connectivity index (χ0n) is 12.3. The first-order chi connectivity index (χ1) is 10.1. The number of ether oxygens (including phenoxy) is 1. The molecule has 1 aromatic carbocycles. The van der Waals surface area contributed by atoms with E-state index in [0.29, 0.717) is 12.3 Å². The predicted octanol–water partition coefficient (Wildman–Crippen LogP) is 0.255. The molecule has 0 saturated carbocycles. The van der Waals surface area contributed by atoms with Gasteiger partial charge in [0.1, 0.15) is 5.75 Å². The molecular formula is C13H18N6O2. The first kappa shape index (κ1) is 14.8. The Morgan fingerprint density at radius 2 is 2.24 bits per heavy atom. The monoisotopic (exact) mass is 290 g/mol. The predicted molar refractivity (Wildman–Crippen MR) is 76.9 cm³/mol. The van der Waals surface area contributed by atoms with Crippen LogP contribution in [0.25, 0.3) is 0 Å². The van der Waals surface area contributed by atoms with Crippen LogP contribution in [-0.2, 0) is 18.4 Å². The second-order valence-corrected chi connectivity index (χ2v) is 4.51. The number of amides is 1. The fourth-order valence-electron chi connectivity index (χ4n) is 1.72. The van der Waals surface area contributed by atoms with E-state index in [1.165, 1.54) is 0 Å². The maximum Gasteiger partial charge on any atom is 0.257 e. The standard InChI is InChI=1S/C13H18N6O2/c1-9-6-10(21-8-13(20)14-2)4-5-11(9)15-7-12-16-17-18-19(12)3/h4-6,15H,7-8H2,1-3H3,(H,14,20). The third-order valence-corrected chi connectivity index (χ3v) is 2.99. The van der Waals surface area contributed by atoms with Crippen molar-refractivity contribution in [2.24, 2.45) is 7.05 Å². The van der Waals surface area contributed by atoms with Crippen molar-refractivity contribution in [2.75, 3.05) is 19.0 Å². The molecule has 0 atom stereocenters. The van der Waals surface area contributed by atoms with Gasteiger partial charge in [-0.2, -0.15) is 0 Å². The average molecular weight is 290 g/mol. The first-order valence-electron chi connectivity index (χ1n) is 6.49. The van der Waals surface area contributed by atoms with Crippen molar-refractivity contribution in [3.63, 3.8) is 0 Å². The van der Waals surface area contributed by atoms with E-state index in [1.807, 2.05) is 25.1 Å². The number of hydrogen-bond donors (Lipinski definition) is 2. The minimum atomic E-state index is -0.162. The molecule has 0 aliphatic heterocycles. The molecule has 1 amide bonds. The molecule has 8 heteroatoms. The molecule has 1 aromatic heterocycles. The Morgan fingerprint density at radius 1 is 1.43 bits per heavy atom. The van der Waals surface area contributed by atoms with E-state index in [9.17, 15) is 4.79 Å². The molecule has 112 valence electrons. The SMILES string of the molecule is CNC(=O)COc1ccc(NCc2nnnn2C)c(C)c1. The van der Waals surface area contributed by atoms with Crippen LogP contribution in [0.3, 0.4) is 0 Å². The van der Waals surface area contributed by atoms with Crippen molar-refractivity contribution in [3.8, 4) is 5.75 Å². The van der Waals surface area contributed by atoms with E-state index in [0.717, 1.165) is 17.1 Å². The van der Waals surface area contributed by atoms with Gasteiger partial charge >= 0.3 is 0 Å². The summed E-state index contributed by atoms with van der Waals surface area (Å²) in [6.45, 7) is 2.50.